The predicted octanol–water partition coefficient (Wildman–Crippen LogP) is 2.55. The highest BCUT2D eigenvalue weighted by atomic mass is 16.2. The van der Waals surface area contributed by atoms with E-state index in [4.69, 9.17) is 10.7 Å². The Hall–Kier alpha value is -6.33. The number of fused-ring (bicyclic) bond motifs is 1. The lowest BCUT2D eigenvalue weighted by molar-refractivity contribution is -0.136. The maximum absolute atomic E-state index is 13.4. The van der Waals surface area contributed by atoms with E-state index in [2.05, 4.69) is 49.0 Å². The molecule has 0 radical (unpaired) electrons. The number of hydrogen-bond acceptors (Lipinski definition) is 13. The molecule has 5 fully saturated rings. The number of likely N-dealkylation sites (tertiary alicyclic amines) is 1. The van der Waals surface area contributed by atoms with Crippen LogP contribution >= 0.6 is 0 Å². The summed E-state index contributed by atoms with van der Waals surface area (Å²) in [6, 6.07) is 4.43. The molecule has 2 atom stereocenters. The van der Waals surface area contributed by atoms with Crippen LogP contribution in [0, 0.1) is 5.41 Å². The van der Waals surface area contributed by atoms with Gasteiger partial charge in [0.05, 0.1) is 23.4 Å². The fourth-order valence-corrected chi connectivity index (χ4v) is 9.51. The predicted molar refractivity (Wildman–Crippen MR) is 223 cm³/mol. The molecule has 1 aromatic carbocycles. The molecule has 18 nitrogen and oxygen atoms in total. The second kappa shape index (κ2) is 16.4. The molecule has 316 valence electrons. The average molecular weight is 821 g/mol. The van der Waals surface area contributed by atoms with Crippen LogP contribution in [0.3, 0.4) is 0 Å². The number of primary amides is 1. The summed E-state index contributed by atoms with van der Waals surface area (Å²) in [6.45, 7) is 12.0. The molecule has 5 saturated heterocycles. The minimum absolute atomic E-state index is 0.0116. The number of anilines is 3. The van der Waals surface area contributed by atoms with Gasteiger partial charge in [-0.3, -0.25) is 34.2 Å². The summed E-state index contributed by atoms with van der Waals surface area (Å²) in [4.78, 5) is 100. The molecule has 0 saturated carbocycles. The van der Waals surface area contributed by atoms with Gasteiger partial charge in [0, 0.05) is 77.2 Å². The number of amides is 7. The smallest absolute Gasteiger partial charge is 0.320 e. The molecule has 1 aromatic heterocycles. The minimum atomic E-state index is -0.989. The summed E-state index contributed by atoms with van der Waals surface area (Å²) < 4.78 is 0. The van der Waals surface area contributed by atoms with Gasteiger partial charge < -0.3 is 35.6 Å². The van der Waals surface area contributed by atoms with Gasteiger partial charge in [-0.15, -0.1) is 0 Å². The van der Waals surface area contributed by atoms with Gasteiger partial charge >= 0.3 is 6.03 Å². The lowest BCUT2D eigenvalue weighted by atomic mass is 9.71. The van der Waals surface area contributed by atoms with Crippen LogP contribution in [0.5, 0.6) is 0 Å². The van der Waals surface area contributed by atoms with Crippen molar-refractivity contribution in [2.24, 2.45) is 16.1 Å². The number of urea groups is 1. The number of imide groups is 2. The zero-order chi connectivity index (χ0) is 42.3. The van der Waals surface area contributed by atoms with Crippen LogP contribution in [-0.4, -0.2) is 143 Å². The molecule has 1 spiro atoms. The Morgan fingerprint density at radius 2 is 1.68 bits per heavy atom. The first-order chi connectivity index (χ1) is 28.8. The fraction of sp³-hybridized carbons (Fsp3) is 0.500. The molecule has 7 amide bonds. The molecule has 0 aliphatic carbocycles. The third-order valence-electron chi connectivity index (χ3n) is 13.2. The highest BCUT2D eigenvalue weighted by Crippen LogP contribution is 2.43. The SMILES string of the molecule is C=N/C(=C\C=C(/C)N1CCC2(CC1)CCN(c1ccc3c(c1)C(=O)N(C1CCC(=O)NC1=O)C3=O)CC2)Nc1nc(N2CCC[C@H](N3CCN(C)C3=O)C2)cnc1C(N)=O. The normalized spacial score (nSPS) is 23.7. The number of nitrogens with zero attached hydrogens (tertiary/aromatic N) is 9. The van der Waals surface area contributed by atoms with Crippen molar-refractivity contribution in [3.63, 3.8) is 0 Å². The van der Waals surface area contributed by atoms with Crippen LogP contribution in [0.1, 0.15) is 89.5 Å². The summed E-state index contributed by atoms with van der Waals surface area (Å²) in [5, 5.41) is 5.37. The lowest BCUT2D eigenvalue weighted by Crippen LogP contribution is -2.54. The Balaban J connectivity index is 0.867. The van der Waals surface area contributed by atoms with Crippen molar-refractivity contribution in [2.45, 2.75) is 70.4 Å². The highest BCUT2D eigenvalue weighted by molar-refractivity contribution is 6.23. The van der Waals surface area contributed by atoms with E-state index in [1.54, 1.807) is 29.3 Å². The van der Waals surface area contributed by atoms with Gasteiger partial charge in [0.25, 0.3) is 17.7 Å². The van der Waals surface area contributed by atoms with Crippen molar-refractivity contribution in [3.8, 4) is 0 Å². The van der Waals surface area contributed by atoms with Gasteiger partial charge in [-0.1, -0.05) is 0 Å². The molecule has 0 bridgehead atoms. The van der Waals surface area contributed by atoms with Gasteiger partial charge in [-0.05, 0) is 94.4 Å². The van der Waals surface area contributed by atoms with Crippen molar-refractivity contribution in [1.29, 1.82) is 0 Å². The molecular formula is C42H52N12O6. The van der Waals surface area contributed by atoms with E-state index in [0.717, 1.165) is 87.5 Å². The van der Waals surface area contributed by atoms with Crippen LogP contribution in [0.25, 0.3) is 0 Å². The largest absolute Gasteiger partial charge is 0.375 e. The number of aliphatic imine (C=N–C) groups is 1. The quantitative estimate of drug-likeness (QED) is 0.180. The van der Waals surface area contributed by atoms with Crippen molar-refractivity contribution < 1.29 is 28.8 Å². The third kappa shape index (κ3) is 7.77. The van der Waals surface area contributed by atoms with E-state index in [1.165, 1.54) is 0 Å². The number of nitrogens with one attached hydrogen (secondary N) is 2. The van der Waals surface area contributed by atoms with Crippen LogP contribution in [0.2, 0.25) is 0 Å². The van der Waals surface area contributed by atoms with Crippen LogP contribution in [-0.2, 0) is 9.59 Å². The number of nitrogens with two attached hydrogens (primary N) is 1. The van der Waals surface area contributed by atoms with Crippen molar-refractivity contribution in [1.82, 2.24) is 34.9 Å². The van der Waals surface area contributed by atoms with Crippen molar-refractivity contribution >= 4 is 59.6 Å². The van der Waals surface area contributed by atoms with Gasteiger partial charge in [-0.25, -0.2) is 19.8 Å². The van der Waals surface area contributed by atoms with E-state index in [0.29, 0.717) is 36.8 Å². The summed E-state index contributed by atoms with van der Waals surface area (Å²) >= 11 is 0. The molecule has 1 unspecified atom stereocenters. The number of allylic oxidation sites excluding steroid dienone is 3. The first kappa shape index (κ1) is 40.4. The Morgan fingerprint density at radius 1 is 0.950 bits per heavy atom. The second-order valence-corrected chi connectivity index (χ2v) is 16.7. The third-order valence-corrected chi connectivity index (χ3v) is 13.2. The molecule has 7 heterocycles. The first-order valence-corrected chi connectivity index (χ1v) is 20.8. The molecular weight excluding hydrogens is 769 g/mol. The molecule has 60 heavy (non-hydrogen) atoms. The number of likely N-dealkylation sites (N-methyl/N-ethyl adjacent to an activating group) is 1. The second-order valence-electron chi connectivity index (χ2n) is 16.7. The number of aromatic nitrogens is 2. The zero-order valence-corrected chi connectivity index (χ0v) is 34.2. The number of carbonyl (C=O) groups excluding carboxylic acids is 6. The van der Waals surface area contributed by atoms with Gasteiger partial charge in [0.15, 0.2) is 11.5 Å². The minimum Gasteiger partial charge on any atom is -0.375 e. The lowest BCUT2D eigenvalue weighted by Gasteiger charge is -2.48. The van der Waals surface area contributed by atoms with Crippen molar-refractivity contribution in [2.75, 3.05) is 74.5 Å². The standard InChI is InChI=1S/C42H52N12O6/c1-26(6-10-32(44-2)46-37-35(36(43)56)45-24-33(47-37)52-16-4-5-28(25-52)53-22-21-49(3)41(53)60)50-17-12-42(13-18-50)14-19-51(20-15-42)27-7-8-29-30(23-27)40(59)54(39(29)58)31-9-11-34(55)48-38(31)57/h6-8,10,23-24,28,31H,2,4-5,9,11-22,25H2,1,3H3,(H2,43,56)(H,46,47)(H,48,55,57)/b26-6+,32-10+/t28-,31?/m0/s1. The molecule has 6 aliphatic heterocycles. The van der Waals surface area contributed by atoms with Gasteiger partial charge in [0.1, 0.15) is 17.7 Å². The number of hydrogen-bond donors (Lipinski definition) is 3. The van der Waals surface area contributed by atoms with Crippen LogP contribution in [0.4, 0.5) is 22.1 Å². The molecule has 4 N–H and O–H groups in total. The van der Waals surface area contributed by atoms with Crippen LogP contribution < -0.4 is 26.2 Å². The zero-order valence-electron chi connectivity index (χ0n) is 34.2. The average Bonchev–Trinajstić information content (AvgIpc) is 3.72. The summed E-state index contributed by atoms with van der Waals surface area (Å²) in [7, 11) is 1.82. The summed E-state index contributed by atoms with van der Waals surface area (Å²) in [5.74, 6) is -1.60. The molecule has 18 heteroatoms. The Labute approximate surface area is 348 Å². The maximum atomic E-state index is 13.4. The van der Waals surface area contributed by atoms with E-state index in [-0.39, 0.29) is 47.4 Å². The molecule has 2 aromatic rings. The number of piperidine rings is 4. The Morgan fingerprint density at radius 3 is 2.37 bits per heavy atom. The van der Waals surface area contributed by atoms with E-state index < -0.39 is 35.6 Å². The fourth-order valence-electron chi connectivity index (χ4n) is 9.51. The number of rotatable bonds is 10. The van der Waals surface area contributed by atoms with E-state index in [9.17, 15) is 28.8 Å². The monoisotopic (exact) mass is 820 g/mol. The molecule has 8 rings (SSSR count). The van der Waals surface area contributed by atoms with Gasteiger partial charge in [-0.2, -0.15) is 0 Å². The maximum Gasteiger partial charge on any atom is 0.320 e. The first-order valence-electron chi connectivity index (χ1n) is 20.8. The van der Waals surface area contributed by atoms with E-state index >= 15 is 0 Å². The number of benzene rings is 1. The van der Waals surface area contributed by atoms with Crippen molar-refractivity contribution in [3.05, 3.63) is 64.9 Å². The van der Waals surface area contributed by atoms with E-state index in [1.807, 2.05) is 24.1 Å². The Bertz CT molecular complexity index is 2190. The summed E-state index contributed by atoms with van der Waals surface area (Å²) in [6.07, 6.45) is 11.4. The molecule has 6 aliphatic rings. The van der Waals surface area contributed by atoms with Gasteiger partial charge in [0.2, 0.25) is 11.8 Å². The Kier molecular flexibility index (Phi) is 11.0. The topological polar surface area (TPSA) is 210 Å². The highest BCUT2D eigenvalue weighted by Gasteiger charge is 2.45. The number of carbonyl (C=O) groups is 6. The summed E-state index contributed by atoms with van der Waals surface area (Å²) in [5.41, 5.74) is 8.40. The van der Waals surface area contributed by atoms with Crippen LogP contribution in [0.15, 0.2) is 53.1 Å².